The third-order valence-corrected chi connectivity index (χ3v) is 1.37. The van der Waals surface area contributed by atoms with E-state index in [1.807, 2.05) is 0 Å². The van der Waals surface area contributed by atoms with Crippen molar-refractivity contribution >= 4 is 6.29 Å². The molecule has 0 saturated carbocycles. The van der Waals surface area contributed by atoms with Crippen LogP contribution in [0.25, 0.3) is 0 Å². The number of hydrogen-bond acceptors (Lipinski definition) is 4. The standard InChI is InChI=1S/C9H8O4/c10-5-7-3-1-2-4-8(7)13-9(12)6-11/h1-6,11-12H/b9-6+. The molecule has 13 heavy (non-hydrogen) atoms. The van der Waals surface area contributed by atoms with Crippen molar-refractivity contribution in [1.29, 1.82) is 0 Å². The van der Waals surface area contributed by atoms with Gasteiger partial charge in [-0.2, -0.15) is 0 Å². The van der Waals surface area contributed by atoms with Crippen LogP contribution in [0.5, 0.6) is 5.75 Å². The number of hydrogen-bond donors (Lipinski definition) is 2. The van der Waals surface area contributed by atoms with E-state index in [0.717, 1.165) is 0 Å². The lowest BCUT2D eigenvalue weighted by molar-refractivity contribution is 0.111. The largest absolute Gasteiger partial charge is 0.508 e. The van der Waals surface area contributed by atoms with E-state index in [1.165, 1.54) is 12.1 Å². The summed E-state index contributed by atoms with van der Waals surface area (Å²) < 4.78 is 4.72. The zero-order chi connectivity index (χ0) is 9.68. The summed E-state index contributed by atoms with van der Waals surface area (Å²) in [6.07, 6.45) is 1.00. The third kappa shape index (κ3) is 2.23. The van der Waals surface area contributed by atoms with Gasteiger partial charge in [0.1, 0.15) is 5.75 Å². The van der Waals surface area contributed by atoms with Gasteiger partial charge in [0.2, 0.25) is 0 Å². The van der Waals surface area contributed by atoms with Crippen molar-refractivity contribution in [2.45, 2.75) is 0 Å². The first-order chi connectivity index (χ1) is 6.27. The van der Waals surface area contributed by atoms with Gasteiger partial charge in [-0.3, -0.25) is 4.79 Å². The molecule has 2 N–H and O–H groups in total. The molecule has 0 spiro atoms. The highest BCUT2D eigenvalue weighted by atomic mass is 16.6. The molecule has 0 aliphatic rings. The highest BCUT2D eigenvalue weighted by Gasteiger charge is 2.03. The topological polar surface area (TPSA) is 66.8 Å². The second-order valence-corrected chi connectivity index (χ2v) is 2.23. The molecule has 1 aromatic carbocycles. The summed E-state index contributed by atoms with van der Waals surface area (Å²) >= 11 is 0. The quantitative estimate of drug-likeness (QED) is 0.549. The number of aliphatic hydroxyl groups excluding tert-OH is 2. The van der Waals surface area contributed by atoms with Crippen molar-refractivity contribution in [3.8, 4) is 5.75 Å². The van der Waals surface area contributed by atoms with Crippen molar-refractivity contribution in [1.82, 2.24) is 0 Å². The smallest absolute Gasteiger partial charge is 0.318 e. The van der Waals surface area contributed by atoms with Crippen LogP contribution in [-0.4, -0.2) is 16.5 Å². The number of aliphatic hydroxyl groups is 2. The van der Waals surface area contributed by atoms with E-state index in [4.69, 9.17) is 14.9 Å². The molecule has 68 valence electrons. The molecule has 1 rings (SSSR count). The summed E-state index contributed by atoms with van der Waals surface area (Å²) in [5, 5.41) is 17.1. The molecular weight excluding hydrogens is 172 g/mol. The Morgan fingerprint density at radius 2 is 2.08 bits per heavy atom. The van der Waals surface area contributed by atoms with Crippen LogP contribution in [0.1, 0.15) is 10.4 Å². The van der Waals surface area contributed by atoms with Gasteiger partial charge in [-0.1, -0.05) is 12.1 Å². The molecule has 1 aromatic rings. The zero-order valence-electron chi connectivity index (χ0n) is 6.68. The molecule has 0 radical (unpaired) electrons. The average molecular weight is 180 g/mol. The fraction of sp³-hybridized carbons (Fsp3) is 0. The molecule has 0 aliphatic heterocycles. The van der Waals surface area contributed by atoms with Crippen LogP contribution in [-0.2, 0) is 0 Å². The fourth-order valence-corrected chi connectivity index (χ4v) is 0.810. The normalized spacial score (nSPS) is 10.9. The highest BCUT2D eigenvalue weighted by Crippen LogP contribution is 2.17. The summed E-state index contributed by atoms with van der Waals surface area (Å²) in [6.45, 7) is 0. The van der Waals surface area contributed by atoms with Gasteiger partial charge in [-0.15, -0.1) is 0 Å². The minimum absolute atomic E-state index is 0.195. The number of carbonyl (C=O) groups excluding carboxylic acids is 1. The van der Waals surface area contributed by atoms with Gasteiger partial charge in [0, 0.05) is 0 Å². The first kappa shape index (κ1) is 9.12. The summed E-state index contributed by atoms with van der Waals surface area (Å²) in [4.78, 5) is 10.5. The minimum atomic E-state index is -0.658. The fourth-order valence-electron chi connectivity index (χ4n) is 0.810. The van der Waals surface area contributed by atoms with Crippen LogP contribution in [0.15, 0.2) is 36.5 Å². The van der Waals surface area contributed by atoms with E-state index in [-0.39, 0.29) is 5.75 Å². The Labute approximate surface area is 74.7 Å². The van der Waals surface area contributed by atoms with E-state index >= 15 is 0 Å². The van der Waals surface area contributed by atoms with Gasteiger partial charge in [0.25, 0.3) is 0 Å². The maximum Gasteiger partial charge on any atom is 0.318 e. The number of ether oxygens (including phenoxy) is 1. The molecule has 0 amide bonds. The Hall–Kier alpha value is -1.97. The van der Waals surface area contributed by atoms with Crippen molar-refractivity contribution in [3.63, 3.8) is 0 Å². The van der Waals surface area contributed by atoms with Gasteiger partial charge in [-0.25, -0.2) is 0 Å². The zero-order valence-corrected chi connectivity index (χ0v) is 6.68. The van der Waals surface area contributed by atoms with Gasteiger partial charge in [-0.05, 0) is 12.1 Å². The molecule has 4 nitrogen and oxygen atoms in total. The van der Waals surface area contributed by atoms with Gasteiger partial charge < -0.3 is 14.9 Å². The number of aldehydes is 1. The number of carbonyl (C=O) groups is 1. The average Bonchev–Trinajstić information content (AvgIpc) is 2.18. The first-order valence-corrected chi connectivity index (χ1v) is 3.53. The molecule has 0 heterocycles. The number of para-hydroxylation sites is 1. The SMILES string of the molecule is O=Cc1ccccc1O/C(O)=C/O. The van der Waals surface area contributed by atoms with Gasteiger partial charge >= 0.3 is 5.95 Å². The third-order valence-electron chi connectivity index (χ3n) is 1.37. The Kier molecular flexibility index (Phi) is 2.92. The van der Waals surface area contributed by atoms with E-state index < -0.39 is 5.95 Å². The van der Waals surface area contributed by atoms with Crippen LogP contribution >= 0.6 is 0 Å². The second-order valence-electron chi connectivity index (χ2n) is 2.23. The van der Waals surface area contributed by atoms with Crippen LogP contribution < -0.4 is 4.74 Å². The van der Waals surface area contributed by atoms with Crippen molar-refractivity contribution in [3.05, 3.63) is 42.0 Å². The minimum Gasteiger partial charge on any atom is -0.508 e. The monoisotopic (exact) mass is 180 g/mol. The second kappa shape index (κ2) is 4.15. The summed E-state index contributed by atoms with van der Waals surface area (Å²) in [5.74, 6) is -0.463. The van der Waals surface area contributed by atoms with E-state index in [9.17, 15) is 4.79 Å². The number of rotatable bonds is 3. The first-order valence-electron chi connectivity index (χ1n) is 3.53. The van der Waals surface area contributed by atoms with E-state index in [0.29, 0.717) is 18.1 Å². The lowest BCUT2D eigenvalue weighted by atomic mass is 10.2. The highest BCUT2D eigenvalue weighted by molar-refractivity contribution is 5.79. The Morgan fingerprint density at radius 1 is 1.38 bits per heavy atom. The lowest BCUT2D eigenvalue weighted by Gasteiger charge is -2.04. The molecule has 0 bridgehead atoms. The predicted molar refractivity (Wildman–Crippen MR) is 45.8 cm³/mol. The predicted octanol–water partition coefficient (Wildman–Crippen LogP) is 1.79. The molecule has 0 saturated heterocycles. The maximum absolute atomic E-state index is 10.5. The molecule has 0 aliphatic carbocycles. The van der Waals surface area contributed by atoms with E-state index in [1.54, 1.807) is 12.1 Å². The van der Waals surface area contributed by atoms with Gasteiger partial charge in [0.05, 0.1) is 5.56 Å². The van der Waals surface area contributed by atoms with Crippen LogP contribution in [0.3, 0.4) is 0 Å². The van der Waals surface area contributed by atoms with Crippen LogP contribution in [0.4, 0.5) is 0 Å². The Bertz CT molecular complexity index is 330. The summed E-state index contributed by atoms with van der Waals surface area (Å²) in [6, 6.07) is 6.35. The summed E-state index contributed by atoms with van der Waals surface area (Å²) in [5.41, 5.74) is 0.302. The van der Waals surface area contributed by atoms with Crippen LogP contribution in [0.2, 0.25) is 0 Å². The Morgan fingerprint density at radius 3 is 2.69 bits per heavy atom. The van der Waals surface area contributed by atoms with Crippen molar-refractivity contribution in [2.75, 3.05) is 0 Å². The van der Waals surface area contributed by atoms with Crippen LogP contribution in [0, 0.1) is 0 Å². The molecule has 0 unspecified atom stereocenters. The summed E-state index contributed by atoms with van der Waals surface area (Å²) in [7, 11) is 0. The molecule has 0 atom stereocenters. The maximum atomic E-state index is 10.5. The Balaban J connectivity index is 2.93. The van der Waals surface area contributed by atoms with Gasteiger partial charge in [0.15, 0.2) is 12.5 Å². The molecule has 0 aromatic heterocycles. The van der Waals surface area contributed by atoms with E-state index in [2.05, 4.69) is 0 Å². The van der Waals surface area contributed by atoms with Crippen molar-refractivity contribution in [2.24, 2.45) is 0 Å². The molecule has 0 fully saturated rings. The molecular formula is C9H8O4. The number of benzene rings is 1. The molecule has 4 heteroatoms. The lowest BCUT2D eigenvalue weighted by Crippen LogP contribution is -1.96. The van der Waals surface area contributed by atoms with Crippen molar-refractivity contribution < 1.29 is 19.7 Å².